The van der Waals surface area contributed by atoms with E-state index in [1.54, 1.807) is 13.3 Å². The summed E-state index contributed by atoms with van der Waals surface area (Å²) >= 11 is 7.96. The predicted octanol–water partition coefficient (Wildman–Crippen LogP) is 5.80. The van der Waals surface area contributed by atoms with Gasteiger partial charge in [-0.25, -0.2) is 4.98 Å². The summed E-state index contributed by atoms with van der Waals surface area (Å²) in [6.45, 7) is 0. The first-order valence-electron chi connectivity index (χ1n) is 10.0. The molecule has 0 aliphatic rings. The Morgan fingerprint density at radius 1 is 1.09 bits per heavy atom. The second-order valence-electron chi connectivity index (χ2n) is 7.30. The molecule has 33 heavy (non-hydrogen) atoms. The zero-order chi connectivity index (χ0) is 22.4. The highest BCUT2D eigenvalue weighted by Crippen LogP contribution is 2.35. The van der Waals surface area contributed by atoms with Crippen LogP contribution in [-0.2, 0) is 0 Å². The molecule has 0 fully saturated rings. The Morgan fingerprint density at radius 2 is 1.97 bits per heavy atom. The summed E-state index contributed by atoms with van der Waals surface area (Å²) in [5, 5.41) is 21.7. The molecule has 8 nitrogen and oxygen atoms in total. The first-order chi connectivity index (χ1) is 16.2. The standard InChI is InChI=1S/C23H16ClN7OS/c1-32-14-6-4-13(5-7-14)19-12-31-10-2-3-15(21(31)26-19)22-29-30-23(33-22)27-18-9-8-17-16(20(18)24)11-25-28-17/h2-12H,1H3,(H,25,28)(H,27,30). The van der Waals surface area contributed by atoms with Crippen LogP contribution in [0.15, 0.2) is 67.1 Å². The number of aromatic nitrogens is 6. The van der Waals surface area contributed by atoms with Crippen molar-refractivity contribution < 1.29 is 4.74 Å². The molecule has 4 heterocycles. The molecule has 162 valence electrons. The number of benzene rings is 2. The third-order valence-corrected chi connectivity index (χ3v) is 6.60. The number of anilines is 2. The summed E-state index contributed by atoms with van der Waals surface area (Å²) in [6, 6.07) is 15.6. The molecular weight excluding hydrogens is 458 g/mol. The van der Waals surface area contributed by atoms with Crippen molar-refractivity contribution in [3.8, 4) is 27.6 Å². The molecule has 0 saturated carbocycles. The number of hydrogen-bond donors (Lipinski definition) is 2. The quantitative estimate of drug-likeness (QED) is 0.328. The zero-order valence-corrected chi connectivity index (χ0v) is 18.9. The van der Waals surface area contributed by atoms with Crippen LogP contribution in [0.4, 0.5) is 10.8 Å². The van der Waals surface area contributed by atoms with Gasteiger partial charge in [0.25, 0.3) is 0 Å². The zero-order valence-electron chi connectivity index (χ0n) is 17.3. The van der Waals surface area contributed by atoms with Gasteiger partial charge < -0.3 is 14.5 Å². The van der Waals surface area contributed by atoms with E-state index in [1.165, 1.54) is 11.3 Å². The number of nitrogens with one attached hydrogen (secondary N) is 2. The van der Waals surface area contributed by atoms with E-state index in [4.69, 9.17) is 21.3 Å². The van der Waals surface area contributed by atoms with Gasteiger partial charge in [0, 0.05) is 23.3 Å². The third-order valence-electron chi connectivity index (χ3n) is 5.32. The van der Waals surface area contributed by atoms with E-state index >= 15 is 0 Å². The van der Waals surface area contributed by atoms with Crippen molar-refractivity contribution in [3.63, 3.8) is 0 Å². The van der Waals surface area contributed by atoms with Crippen LogP contribution in [0.25, 0.3) is 38.4 Å². The minimum absolute atomic E-state index is 0.581. The van der Waals surface area contributed by atoms with Crippen molar-refractivity contribution in [1.82, 2.24) is 29.8 Å². The molecule has 2 N–H and O–H groups in total. The molecule has 0 unspecified atom stereocenters. The van der Waals surface area contributed by atoms with Gasteiger partial charge in [-0.05, 0) is 48.5 Å². The topological polar surface area (TPSA) is 93.0 Å². The van der Waals surface area contributed by atoms with Gasteiger partial charge in [-0.1, -0.05) is 22.9 Å². The first kappa shape index (κ1) is 19.7. The number of H-pyrrole nitrogens is 1. The van der Waals surface area contributed by atoms with E-state index < -0.39 is 0 Å². The summed E-state index contributed by atoms with van der Waals surface area (Å²) in [5.74, 6) is 0.809. The van der Waals surface area contributed by atoms with E-state index in [1.807, 2.05) is 65.3 Å². The van der Waals surface area contributed by atoms with E-state index in [9.17, 15) is 0 Å². The SMILES string of the molecule is COc1ccc(-c2cn3cccc(-c4nnc(Nc5ccc6[nH]ncc6c5Cl)s4)c3n2)cc1. The number of halogens is 1. The summed E-state index contributed by atoms with van der Waals surface area (Å²) in [4.78, 5) is 4.86. The van der Waals surface area contributed by atoms with Gasteiger partial charge in [-0.15, -0.1) is 10.2 Å². The first-order valence-corrected chi connectivity index (χ1v) is 11.2. The van der Waals surface area contributed by atoms with Gasteiger partial charge in [0.05, 0.1) is 40.8 Å². The maximum absolute atomic E-state index is 6.53. The highest BCUT2D eigenvalue weighted by Gasteiger charge is 2.15. The molecule has 4 aromatic heterocycles. The van der Waals surface area contributed by atoms with Gasteiger partial charge >= 0.3 is 0 Å². The molecule has 10 heteroatoms. The van der Waals surface area contributed by atoms with Crippen LogP contribution in [-0.4, -0.2) is 36.9 Å². The number of ether oxygens (including phenoxy) is 1. The molecule has 2 aromatic carbocycles. The van der Waals surface area contributed by atoms with Crippen LogP contribution in [0.2, 0.25) is 5.02 Å². The van der Waals surface area contributed by atoms with Gasteiger partial charge in [-0.3, -0.25) is 5.10 Å². The van der Waals surface area contributed by atoms with Crippen LogP contribution < -0.4 is 10.1 Å². The summed E-state index contributed by atoms with van der Waals surface area (Å²) in [5.41, 5.74) is 5.21. The van der Waals surface area contributed by atoms with Crippen molar-refractivity contribution in [1.29, 1.82) is 0 Å². The molecule has 0 saturated heterocycles. The molecule has 0 atom stereocenters. The van der Waals surface area contributed by atoms with Crippen LogP contribution in [0, 0.1) is 0 Å². The van der Waals surface area contributed by atoms with Crippen LogP contribution >= 0.6 is 22.9 Å². The molecular formula is C23H16ClN7OS. The number of imidazole rings is 1. The molecule has 0 aliphatic carbocycles. The largest absolute Gasteiger partial charge is 0.497 e. The van der Waals surface area contributed by atoms with E-state index in [0.29, 0.717) is 10.2 Å². The number of hydrogen-bond acceptors (Lipinski definition) is 7. The summed E-state index contributed by atoms with van der Waals surface area (Å²) in [7, 11) is 1.65. The van der Waals surface area contributed by atoms with Crippen LogP contribution in [0.5, 0.6) is 5.75 Å². The fourth-order valence-electron chi connectivity index (χ4n) is 3.66. The Bertz CT molecular complexity index is 1600. The minimum Gasteiger partial charge on any atom is -0.497 e. The van der Waals surface area contributed by atoms with E-state index in [0.717, 1.165) is 49.8 Å². The highest BCUT2D eigenvalue weighted by molar-refractivity contribution is 7.18. The number of fused-ring (bicyclic) bond motifs is 2. The lowest BCUT2D eigenvalue weighted by Gasteiger charge is -2.05. The molecule has 6 aromatic rings. The second-order valence-corrected chi connectivity index (χ2v) is 8.66. The van der Waals surface area contributed by atoms with Gasteiger partial charge in [0.1, 0.15) is 11.4 Å². The molecule has 0 amide bonds. The Morgan fingerprint density at radius 3 is 2.82 bits per heavy atom. The fourth-order valence-corrected chi connectivity index (χ4v) is 4.70. The maximum Gasteiger partial charge on any atom is 0.210 e. The van der Waals surface area contributed by atoms with Crippen molar-refractivity contribution in [2.75, 3.05) is 12.4 Å². The lowest BCUT2D eigenvalue weighted by atomic mass is 10.2. The van der Waals surface area contributed by atoms with Gasteiger partial charge in [-0.2, -0.15) is 5.10 Å². The van der Waals surface area contributed by atoms with Crippen molar-refractivity contribution in [2.45, 2.75) is 0 Å². The third kappa shape index (κ3) is 3.47. The second kappa shape index (κ2) is 7.88. The molecule has 6 rings (SSSR count). The minimum atomic E-state index is 0.581. The van der Waals surface area contributed by atoms with Crippen molar-refractivity contribution in [3.05, 3.63) is 72.1 Å². The summed E-state index contributed by atoms with van der Waals surface area (Å²) in [6.07, 6.45) is 5.67. The van der Waals surface area contributed by atoms with Crippen LogP contribution in [0.3, 0.4) is 0 Å². The van der Waals surface area contributed by atoms with Crippen molar-refractivity contribution >= 4 is 50.3 Å². The number of pyridine rings is 1. The smallest absolute Gasteiger partial charge is 0.210 e. The Hall–Kier alpha value is -3.95. The predicted molar refractivity (Wildman–Crippen MR) is 130 cm³/mol. The molecule has 0 aliphatic heterocycles. The Balaban J connectivity index is 1.34. The number of rotatable bonds is 5. The monoisotopic (exact) mass is 473 g/mol. The Labute approximate surface area is 196 Å². The number of nitrogens with zero attached hydrogens (tertiary/aromatic N) is 5. The van der Waals surface area contributed by atoms with Gasteiger partial charge in [0.15, 0.2) is 5.01 Å². The molecule has 0 spiro atoms. The average molecular weight is 474 g/mol. The van der Waals surface area contributed by atoms with Crippen molar-refractivity contribution in [2.24, 2.45) is 0 Å². The Kier molecular flexibility index (Phi) is 4.70. The fraction of sp³-hybridized carbons (Fsp3) is 0.0435. The lowest BCUT2D eigenvalue weighted by Crippen LogP contribution is -1.90. The van der Waals surface area contributed by atoms with Gasteiger partial charge in [0.2, 0.25) is 5.13 Å². The summed E-state index contributed by atoms with van der Waals surface area (Å²) < 4.78 is 7.24. The highest BCUT2D eigenvalue weighted by atomic mass is 35.5. The molecule has 0 radical (unpaired) electrons. The average Bonchev–Trinajstić information content (AvgIpc) is 3.60. The van der Waals surface area contributed by atoms with Crippen LogP contribution in [0.1, 0.15) is 0 Å². The normalized spacial score (nSPS) is 11.3. The number of aromatic amines is 1. The van der Waals surface area contributed by atoms with E-state index in [2.05, 4.69) is 25.7 Å². The molecule has 0 bridgehead atoms. The van der Waals surface area contributed by atoms with E-state index in [-0.39, 0.29) is 0 Å². The number of methoxy groups -OCH3 is 1. The lowest BCUT2D eigenvalue weighted by molar-refractivity contribution is 0.415. The maximum atomic E-state index is 6.53.